The Hall–Kier alpha value is -1.35. The zero-order valence-electron chi connectivity index (χ0n) is 15.6. The highest BCUT2D eigenvalue weighted by atomic mass is 16.3. The van der Waals surface area contributed by atoms with E-state index in [2.05, 4.69) is 25.1 Å². The summed E-state index contributed by atoms with van der Waals surface area (Å²) in [5.74, 6) is 1.86. The summed E-state index contributed by atoms with van der Waals surface area (Å²) in [4.78, 5) is 14.5. The van der Waals surface area contributed by atoms with Crippen molar-refractivity contribution in [2.24, 2.45) is 11.8 Å². The smallest absolute Gasteiger partial charge is 0.225 e. The SMILES string of the molecule is Cc1cc(CC2CCN(C(=O)C3CC(C)(O)C3)CC2)ccc1C1CC1. The second-order valence-electron chi connectivity index (χ2n) is 9.04. The Morgan fingerprint density at radius 2 is 1.88 bits per heavy atom. The van der Waals surface area contributed by atoms with E-state index in [-0.39, 0.29) is 11.8 Å². The molecule has 1 aliphatic heterocycles. The number of aryl methyl sites for hydroxylation is 1. The first-order valence-electron chi connectivity index (χ1n) is 10.0. The number of piperidine rings is 1. The molecule has 0 radical (unpaired) electrons. The van der Waals surface area contributed by atoms with Gasteiger partial charge in [-0.3, -0.25) is 4.79 Å². The van der Waals surface area contributed by atoms with Gasteiger partial charge in [0.25, 0.3) is 0 Å². The Bertz CT molecular complexity index is 646. The van der Waals surface area contributed by atoms with Crippen molar-refractivity contribution in [3.05, 3.63) is 34.9 Å². The van der Waals surface area contributed by atoms with Crippen molar-refractivity contribution in [3.8, 4) is 0 Å². The fourth-order valence-electron chi connectivity index (χ4n) is 4.84. The lowest BCUT2D eigenvalue weighted by Crippen LogP contribution is -2.51. The van der Waals surface area contributed by atoms with Gasteiger partial charge in [-0.1, -0.05) is 18.2 Å². The molecule has 1 amide bonds. The minimum atomic E-state index is -0.608. The predicted octanol–water partition coefficient (Wildman–Crippen LogP) is 3.81. The summed E-state index contributed by atoms with van der Waals surface area (Å²) in [6, 6.07) is 7.07. The highest BCUT2D eigenvalue weighted by Crippen LogP contribution is 2.42. The van der Waals surface area contributed by atoms with Crippen LogP contribution in [-0.4, -0.2) is 34.6 Å². The Morgan fingerprint density at radius 3 is 2.44 bits per heavy atom. The number of aliphatic hydroxyl groups is 1. The van der Waals surface area contributed by atoms with Crippen LogP contribution in [0.15, 0.2) is 18.2 Å². The summed E-state index contributed by atoms with van der Waals surface area (Å²) in [5.41, 5.74) is 3.87. The van der Waals surface area contributed by atoms with Crippen molar-refractivity contribution in [1.29, 1.82) is 0 Å². The van der Waals surface area contributed by atoms with E-state index in [1.165, 1.54) is 24.0 Å². The number of amides is 1. The van der Waals surface area contributed by atoms with E-state index in [4.69, 9.17) is 0 Å². The van der Waals surface area contributed by atoms with Crippen LogP contribution in [-0.2, 0) is 11.2 Å². The molecule has 1 N–H and O–H groups in total. The molecule has 1 aromatic rings. The lowest BCUT2D eigenvalue weighted by Gasteiger charge is -2.43. The van der Waals surface area contributed by atoms with E-state index in [9.17, 15) is 9.90 Å². The molecule has 136 valence electrons. The number of nitrogens with zero attached hydrogens (tertiary/aromatic N) is 1. The first-order chi connectivity index (χ1) is 11.9. The van der Waals surface area contributed by atoms with Crippen LogP contribution in [0.4, 0.5) is 0 Å². The largest absolute Gasteiger partial charge is 0.390 e. The highest BCUT2D eigenvalue weighted by Gasteiger charge is 2.44. The summed E-state index contributed by atoms with van der Waals surface area (Å²) in [7, 11) is 0. The average Bonchev–Trinajstić information content (AvgIpc) is 3.37. The normalized spacial score (nSPS) is 30.2. The molecule has 0 atom stereocenters. The molecule has 1 aromatic carbocycles. The maximum Gasteiger partial charge on any atom is 0.225 e. The molecule has 0 spiro atoms. The molecule has 1 heterocycles. The quantitative estimate of drug-likeness (QED) is 0.904. The van der Waals surface area contributed by atoms with Crippen LogP contribution in [0.5, 0.6) is 0 Å². The van der Waals surface area contributed by atoms with Crippen LogP contribution in [0, 0.1) is 18.8 Å². The molecule has 0 bridgehead atoms. The Kier molecular flexibility index (Phi) is 4.39. The maximum absolute atomic E-state index is 12.5. The minimum Gasteiger partial charge on any atom is -0.390 e. The van der Waals surface area contributed by atoms with Gasteiger partial charge in [0, 0.05) is 19.0 Å². The number of benzene rings is 1. The molecule has 3 nitrogen and oxygen atoms in total. The van der Waals surface area contributed by atoms with E-state index < -0.39 is 5.60 Å². The fraction of sp³-hybridized carbons (Fsp3) is 0.682. The zero-order valence-corrected chi connectivity index (χ0v) is 15.6. The van der Waals surface area contributed by atoms with E-state index >= 15 is 0 Å². The van der Waals surface area contributed by atoms with Gasteiger partial charge in [0.15, 0.2) is 0 Å². The van der Waals surface area contributed by atoms with Gasteiger partial charge >= 0.3 is 0 Å². The van der Waals surface area contributed by atoms with Gasteiger partial charge in [0.05, 0.1) is 5.60 Å². The number of rotatable bonds is 4. The van der Waals surface area contributed by atoms with Gasteiger partial charge in [-0.2, -0.15) is 0 Å². The number of carbonyl (C=O) groups is 1. The number of likely N-dealkylation sites (tertiary alicyclic amines) is 1. The van der Waals surface area contributed by atoms with Crippen molar-refractivity contribution in [2.45, 2.75) is 70.3 Å². The Labute approximate surface area is 151 Å². The van der Waals surface area contributed by atoms with Crippen LogP contribution >= 0.6 is 0 Å². The summed E-state index contributed by atoms with van der Waals surface area (Å²) < 4.78 is 0. The lowest BCUT2D eigenvalue weighted by atomic mass is 9.71. The van der Waals surface area contributed by atoms with Crippen molar-refractivity contribution in [2.75, 3.05) is 13.1 Å². The van der Waals surface area contributed by atoms with E-state index in [0.29, 0.717) is 18.8 Å². The topological polar surface area (TPSA) is 40.5 Å². The molecule has 3 fully saturated rings. The van der Waals surface area contributed by atoms with E-state index in [1.54, 1.807) is 5.56 Å². The van der Waals surface area contributed by atoms with Gasteiger partial charge in [-0.05, 0) is 87.3 Å². The first kappa shape index (κ1) is 17.1. The van der Waals surface area contributed by atoms with Crippen LogP contribution < -0.4 is 0 Å². The Morgan fingerprint density at radius 1 is 1.20 bits per heavy atom. The predicted molar refractivity (Wildman–Crippen MR) is 99.5 cm³/mol. The van der Waals surface area contributed by atoms with Crippen LogP contribution in [0.1, 0.15) is 68.1 Å². The molecule has 3 heteroatoms. The van der Waals surface area contributed by atoms with Crippen LogP contribution in [0.2, 0.25) is 0 Å². The van der Waals surface area contributed by atoms with E-state index in [1.807, 2.05) is 11.8 Å². The molecule has 3 aliphatic rings. The molecule has 0 unspecified atom stereocenters. The molecule has 1 saturated heterocycles. The standard InChI is InChI=1S/C22H31NO2/c1-15-11-17(3-6-20(15)18-4-5-18)12-16-7-9-23(10-8-16)21(24)19-13-22(2,25)14-19/h3,6,11,16,18-19,25H,4-5,7-10,12-14H2,1-2H3. The first-order valence-corrected chi connectivity index (χ1v) is 10.0. The number of carbonyl (C=O) groups excluding carboxylic acids is 1. The highest BCUT2D eigenvalue weighted by molar-refractivity contribution is 5.80. The van der Waals surface area contributed by atoms with Gasteiger partial charge in [-0.25, -0.2) is 0 Å². The molecule has 25 heavy (non-hydrogen) atoms. The van der Waals surface area contributed by atoms with Crippen molar-refractivity contribution in [3.63, 3.8) is 0 Å². The summed E-state index contributed by atoms with van der Waals surface area (Å²) in [6.45, 7) is 5.87. The third-order valence-corrected chi connectivity index (χ3v) is 6.52. The van der Waals surface area contributed by atoms with Gasteiger partial charge in [0.2, 0.25) is 5.91 Å². The Balaban J connectivity index is 1.27. The monoisotopic (exact) mass is 341 g/mol. The molecule has 2 saturated carbocycles. The minimum absolute atomic E-state index is 0.0594. The molecule has 0 aromatic heterocycles. The zero-order chi connectivity index (χ0) is 17.6. The van der Waals surface area contributed by atoms with Crippen LogP contribution in [0.25, 0.3) is 0 Å². The summed E-state index contributed by atoms with van der Waals surface area (Å²) in [5, 5.41) is 9.85. The lowest BCUT2D eigenvalue weighted by molar-refractivity contribution is -0.151. The third-order valence-electron chi connectivity index (χ3n) is 6.52. The average molecular weight is 341 g/mol. The summed E-state index contributed by atoms with van der Waals surface area (Å²) in [6.07, 6.45) is 7.37. The van der Waals surface area contributed by atoms with Crippen molar-refractivity contribution >= 4 is 5.91 Å². The molecular weight excluding hydrogens is 310 g/mol. The van der Waals surface area contributed by atoms with Gasteiger partial charge in [-0.15, -0.1) is 0 Å². The maximum atomic E-state index is 12.5. The molecular formula is C22H31NO2. The van der Waals surface area contributed by atoms with Crippen LogP contribution in [0.3, 0.4) is 0 Å². The number of hydrogen-bond acceptors (Lipinski definition) is 2. The van der Waals surface area contributed by atoms with Crippen molar-refractivity contribution in [1.82, 2.24) is 4.90 Å². The second kappa shape index (κ2) is 6.42. The van der Waals surface area contributed by atoms with Gasteiger partial charge in [0.1, 0.15) is 0 Å². The fourth-order valence-corrected chi connectivity index (χ4v) is 4.84. The molecule has 2 aliphatic carbocycles. The second-order valence-corrected chi connectivity index (χ2v) is 9.04. The van der Waals surface area contributed by atoms with E-state index in [0.717, 1.165) is 38.3 Å². The third kappa shape index (κ3) is 3.76. The molecule has 4 rings (SSSR count). The van der Waals surface area contributed by atoms with Gasteiger partial charge < -0.3 is 10.0 Å². The van der Waals surface area contributed by atoms with Crippen molar-refractivity contribution < 1.29 is 9.90 Å². The summed E-state index contributed by atoms with van der Waals surface area (Å²) >= 11 is 0. The number of hydrogen-bond donors (Lipinski definition) is 1.